The molecule has 0 N–H and O–H groups in total. The quantitative estimate of drug-likeness (QED) is 0.422. The third-order valence-electron chi connectivity index (χ3n) is 1.04. The summed E-state index contributed by atoms with van der Waals surface area (Å²) in [6.45, 7) is 0.836. The van der Waals surface area contributed by atoms with Crippen molar-refractivity contribution in [3.05, 3.63) is 0 Å². The molecular weight excluding hydrogens is 176 g/mol. The zero-order valence-electron chi connectivity index (χ0n) is 6.74. The number of carboxylic acid groups (broad SMARTS) is 2. The Hall–Kier alpha value is -0.334. The number of hydrogen-bond acceptors (Lipinski definition) is 5. The van der Waals surface area contributed by atoms with Crippen LogP contribution in [-0.4, -0.2) is 47.7 Å². The van der Waals surface area contributed by atoms with Gasteiger partial charge >= 0.3 is 23.1 Å². The van der Waals surface area contributed by atoms with E-state index in [9.17, 15) is 19.8 Å². The van der Waals surface area contributed by atoms with Crippen molar-refractivity contribution in [2.45, 2.75) is 19.4 Å². The molecule has 0 aliphatic heterocycles. The first-order chi connectivity index (χ1) is 5.07. The van der Waals surface area contributed by atoms with Crippen LogP contribution in [0.2, 0.25) is 0 Å². The van der Waals surface area contributed by atoms with E-state index < -0.39 is 24.6 Å². The molecule has 5 nitrogen and oxygen atoms in total. The summed E-state index contributed by atoms with van der Waals surface area (Å²) in [6, 6.07) is 0. The summed E-state index contributed by atoms with van der Waals surface area (Å²) in [5.41, 5.74) is 0. The predicted molar refractivity (Wildman–Crippen MR) is 35.8 cm³/mol. The third kappa shape index (κ3) is 6.38. The molecule has 0 amide bonds. The molecule has 0 radical (unpaired) electrons. The van der Waals surface area contributed by atoms with E-state index in [0.717, 1.165) is 0 Å². The SMILES string of the molecule is CCC(OCC(=O)[O-])C(=O)[O-].[Mg+2]. The van der Waals surface area contributed by atoms with Crippen LogP contribution in [0.4, 0.5) is 0 Å². The molecule has 0 rings (SSSR count). The topological polar surface area (TPSA) is 89.5 Å². The van der Waals surface area contributed by atoms with Crippen molar-refractivity contribution in [1.29, 1.82) is 0 Å². The van der Waals surface area contributed by atoms with Crippen molar-refractivity contribution in [3.63, 3.8) is 0 Å². The van der Waals surface area contributed by atoms with Gasteiger partial charge in [-0.05, 0) is 6.42 Å². The molecule has 0 aliphatic carbocycles. The summed E-state index contributed by atoms with van der Waals surface area (Å²) >= 11 is 0. The molecule has 0 aromatic heterocycles. The van der Waals surface area contributed by atoms with Crippen LogP contribution in [0.15, 0.2) is 0 Å². The summed E-state index contributed by atoms with van der Waals surface area (Å²) in [6.07, 6.45) is -0.983. The molecule has 1 unspecified atom stereocenters. The van der Waals surface area contributed by atoms with Gasteiger partial charge in [0.15, 0.2) is 0 Å². The van der Waals surface area contributed by atoms with Crippen molar-refractivity contribution >= 4 is 35.0 Å². The van der Waals surface area contributed by atoms with Gasteiger partial charge in [-0.3, -0.25) is 0 Å². The zero-order valence-corrected chi connectivity index (χ0v) is 8.15. The predicted octanol–water partition coefficient (Wildman–Crippen LogP) is -3.10. The van der Waals surface area contributed by atoms with Gasteiger partial charge in [0.05, 0.1) is 24.6 Å². The summed E-state index contributed by atoms with van der Waals surface area (Å²) in [5.74, 6) is -2.85. The Morgan fingerprint density at radius 2 is 1.92 bits per heavy atom. The first kappa shape index (κ1) is 14.2. The molecule has 0 aromatic carbocycles. The van der Waals surface area contributed by atoms with Crippen LogP contribution in [0.3, 0.4) is 0 Å². The van der Waals surface area contributed by atoms with Crippen LogP contribution in [0.25, 0.3) is 0 Å². The van der Waals surface area contributed by atoms with E-state index in [1.54, 1.807) is 6.92 Å². The van der Waals surface area contributed by atoms with Crippen molar-refractivity contribution in [2.24, 2.45) is 0 Å². The minimum atomic E-state index is -1.44. The average Bonchev–Trinajstić information content (AvgIpc) is 1.87. The first-order valence-corrected chi connectivity index (χ1v) is 3.10. The third-order valence-corrected chi connectivity index (χ3v) is 1.04. The van der Waals surface area contributed by atoms with E-state index in [1.165, 1.54) is 0 Å². The average molecular weight is 184 g/mol. The standard InChI is InChI=1S/C6H10O5.Mg/c1-2-4(6(9)10)11-3-5(7)8;/h4H,2-3H2,1H3,(H,7,8)(H,9,10);/q;+2/p-2. The molecule has 0 saturated carbocycles. The van der Waals surface area contributed by atoms with Gasteiger partial charge in [0.2, 0.25) is 0 Å². The fourth-order valence-corrected chi connectivity index (χ4v) is 0.521. The second kappa shape index (κ2) is 7.32. The van der Waals surface area contributed by atoms with E-state index in [2.05, 4.69) is 4.74 Å². The van der Waals surface area contributed by atoms with Gasteiger partial charge < -0.3 is 24.5 Å². The fourth-order valence-electron chi connectivity index (χ4n) is 0.521. The molecule has 12 heavy (non-hydrogen) atoms. The molecule has 0 fully saturated rings. The molecule has 0 bridgehead atoms. The maximum absolute atomic E-state index is 10.1. The number of carbonyl (C=O) groups is 2. The van der Waals surface area contributed by atoms with E-state index >= 15 is 0 Å². The maximum Gasteiger partial charge on any atom is 2.00 e. The van der Waals surface area contributed by atoms with Gasteiger partial charge in [-0.25, -0.2) is 0 Å². The molecule has 0 saturated heterocycles. The molecular formula is C6H8MgO5. The van der Waals surface area contributed by atoms with Crippen LogP contribution >= 0.6 is 0 Å². The molecule has 6 heteroatoms. The van der Waals surface area contributed by atoms with E-state index in [1.807, 2.05) is 0 Å². The summed E-state index contributed by atoms with van der Waals surface area (Å²) in [5, 5.41) is 19.9. The first-order valence-electron chi connectivity index (χ1n) is 3.10. The zero-order chi connectivity index (χ0) is 8.85. The van der Waals surface area contributed by atoms with Crippen LogP contribution in [0.5, 0.6) is 0 Å². The van der Waals surface area contributed by atoms with E-state index in [-0.39, 0.29) is 29.5 Å². The molecule has 0 aliphatic rings. The fraction of sp³-hybridized carbons (Fsp3) is 0.667. The Morgan fingerprint density at radius 1 is 1.42 bits per heavy atom. The minimum absolute atomic E-state index is 0. The van der Waals surface area contributed by atoms with Crippen molar-refractivity contribution in [2.75, 3.05) is 6.61 Å². The van der Waals surface area contributed by atoms with Gasteiger partial charge in [0.1, 0.15) is 0 Å². The number of carbonyl (C=O) groups excluding carboxylic acids is 2. The summed E-state index contributed by atoms with van der Waals surface area (Å²) in [7, 11) is 0. The Kier molecular flexibility index (Phi) is 8.67. The molecule has 0 spiro atoms. The summed E-state index contributed by atoms with van der Waals surface area (Å²) in [4.78, 5) is 19.9. The van der Waals surface area contributed by atoms with Crippen LogP contribution < -0.4 is 10.2 Å². The normalized spacial score (nSPS) is 11.4. The van der Waals surface area contributed by atoms with Crippen LogP contribution in [-0.2, 0) is 14.3 Å². The monoisotopic (exact) mass is 184 g/mol. The number of carboxylic acids is 2. The molecule has 0 aromatic rings. The Bertz CT molecular complexity index is 158. The number of rotatable bonds is 5. The maximum atomic E-state index is 10.1. The summed E-state index contributed by atoms with van der Waals surface area (Å²) < 4.78 is 4.39. The second-order valence-electron chi connectivity index (χ2n) is 1.90. The smallest absolute Gasteiger partial charge is 0.548 e. The number of ether oxygens (including phenoxy) is 1. The largest absolute Gasteiger partial charge is 2.00 e. The second-order valence-corrected chi connectivity index (χ2v) is 1.90. The molecule has 64 valence electrons. The van der Waals surface area contributed by atoms with Gasteiger partial charge in [0.25, 0.3) is 0 Å². The Balaban J connectivity index is 0. The molecule has 0 heterocycles. The van der Waals surface area contributed by atoms with Crippen molar-refractivity contribution < 1.29 is 24.5 Å². The van der Waals surface area contributed by atoms with Gasteiger partial charge in [-0.15, -0.1) is 0 Å². The van der Waals surface area contributed by atoms with Gasteiger partial charge in [0, 0.05) is 0 Å². The molecule has 1 atom stereocenters. The number of hydrogen-bond donors (Lipinski definition) is 0. The van der Waals surface area contributed by atoms with Crippen molar-refractivity contribution in [1.82, 2.24) is 0 Å². The Labute approximate surface area is 85.9 Å². The van der Waals surface area contributed by atoms with E-state index in [4.69, 9.17) is 0 Å². The minimum Gasteiger partial charge on any atom is -0.548 e. The van der Waals surface area contributed by atoms with Crippen LogP contribution in [0.1, 0.15) is 13.3 Å². The van der Waals surface area contributed by atoms with Gasteiger partial charge in [-0.1, -0.05) is 6.92 Å². The van der Waals surface area contributed by atoms with Crippen molar-refractivity contribution in [3.8, 4) is 0 Å². The van der Waals surface area contributed by atoms with E-state index in [0.29, 0.717) is 0 Å². The number of aliphatic carboxylic acids is 2. The Morgan fingerprint density at radius 3 is 2.17 bits per heavy atom. The van der Waals surface area contributed by atoms with Crippen LogP contribution in [0, 0.1) is 0 Å². The van der Waals surface area contributed by atoms with Gasteiger partial charge in [-0.2, -0.15) is 0 Å².